The third-order valence-corrected chi connectivity index (χ3v) is 3.51. The van der Waals surface area contributed by atoms with Crippen molar-refractivity contribution in [2.75, 3.05) is 0 Å². The van der Waals surface area contributed by atoms with Gasteiger partial charge in [0.15, 0.2) is 11.6 Å². The van der Waals surface area contributed by atoms with Gasteiger partial charge in [0.25, 0.3) is 0 Å². The second-order valence-electron chi connectivity index (χ2n) is 4.59. The van der Waals surface area contributed by atoms with Crippen LogP contribution in [0.5, 0.6) is 0 Å². The lowest BCUT2D eigenvalue weighted by Gasteiger charge is -2.09. The first-order valence-corrected chi connectivity index (χ1v) is 6.45. The molecule has 0 aliphatic rings. The van der Waals surface area contributed by atoms with E-state index in [-0.39, 0.29) is 0 Å². The van der Waals surface area contributed by atoms with Crippen LogP contribution < -0.4 is 0 Å². The quantitative estimate of drug-likeness (QED) is 0.604. The van der Waals surface area contributed by atoms with Gasteiger partial charge in [0.2, 0.25) is 0 Å². The van der Waals surface area contributed by atoms with Gasteiger partial charge in [0, 0.05) is 22.0 Å². The monoisotopic (exact) mass is 289 g/mol. The minimum Gasteiger partial charge on any atom is -0.247 e. The van der Waals surface area contributed by atoms with Gasteiger partial charge in [0.1, 0.15) is 0 Å². The second-order valence-corrected chi connectivity index (χ2v) is 5.00. The molecule has 0 N–H and O–H groups in total. The summed E-state index contributed by atoms with van der Waals surface area (Å²) in [6, 6.07) is 11.3. The fourth-order valence-corrected chi connectivity index (χ4v) is 2.43. The van der Waals surface area contributed by atoms with Crippen LogP contribution in [0.3, 0.4) is 0 Å². The van der Waals surface area contributed by atoms with Crippen LogP contribution in [0.4, 0.5) is 8.78 Å². The van der Waals surface area contributed by atoms with Crippen molar-refractivity contribution in [2.24, 2.45) is 0 Å². The zero-order valence-corrected chi connectivity index (χ0v) is 11.4. The Morgan fingerprint density at radius 2 is 1.70 bits per heavy atom. The summed E-state index contributed by atoms with van der Waals surface area (Å²) in [6.45, 7) is 1.87. The fraction of sp³-hybridized carbons (Fsp3) is 0.0625. The van der Waals surface area contributed by atoms with Crippen LogP contribution in [-0.4, -0.2) is 4.98 Å². The molecule has 0 bridgehead atoms. The average molecular weight is 290 g/mol. The van der Waals surface area contributed by atoms with Crippen molar-refractivity contribution in [3.8, 4) is 11.3 Å². The van der Waals surface area contributed by atoms with Gasteiger partial charge in [0.05, 0.1) is 11.2 Å². The topological polar surface area (TPSA) is 12.9 Å². The molecule has 1 aromatic heterocycles. The largest absolute Gasteiger partial charge is 0.247 e. The number of nitrogens with zero attached hydrogens (tertiary/aromatic N) is 1. The van der Waals surface area contributed by atoms with E-state index in [1.807, 2.05) is 25.1 Å². The Morgan fingerprint density at radius 1 is 1.00 bits per heavy atom. The maximum atomic E-state index is 13.3. The van der Waals surface area contributed by atoms with Crippen LogP contribution >= 0.6 is 11.6 Å². The minimum absolute atomic E-state index is 0.407. The number of rotatable bonds is 1. The summed E-state index contributed by atoms with van der Waals surface area (Å²) in [5.41, 5.74) is 2.72. The van der Waals surface area contributed by atoms with Gasteiger partial charge in [-0.05, 0) is 30.7 Å². The van der Waals surface area contributed by atoms with Crippen LogP contribution in [0, 0.1) is 18.6 Å². The summed E-state index contributed by atoms with van der Waals surface area (Å²) in [7, 11) is 0. The van der Waals surface area contributed by atoms with Crippen LogP contribution in [0.15, 0.2) is 42.5 Å². The number of hydrogen-bond acceptors (Lipinski definition) is 1. The number of benzene rings is 2. The predicted molar refractivity (Wildman–Crippen MR) is 76.8 cm³/mol. The Hall–Kier alpha value is -2.00. The molecule has 0 radical (unpaired) electrons. The van der Waals surface area contributed by atoms with Gasteiger partial charge in [-0.15, -0.1) is 0 Å². The summed E-state index contributed by atoms with van der Waals surface area (Å²) in [5.74, 6) is -1.77. The molecule has 0 spiro atoms. The lowest BCUT2D eigenvalue weighted by molar-refractivity contribution is 0.510. The highest BCUT2D eigenvalue weighted by atomic mass is 35.5. The van der Waals surface area contributed by atoms with Crippen molar-refractivity contribution in [3.63, 3.8) is 0 Å². The summed E-state index contributed by atoms with van der Waals surface area (Å²) >= 11 is 6.16. The van der Waals surface area contributed by atoms with Crippen molar-refractivity contribution in [3.05, 3.63) is 64.7 Å². The smallest absolute Gasteiger partial charge is 0.161 e. The SMILES string of the molecule is Cc1cc2cc(F)c(F)cc2nc1-c1ccccc1Cl. The van der Waals surface area contributed by atoms with E-state index in [9.17, 15) is 8.78 Å². The van der Waals surface area contributed by atoms with Crippen LogP contribution in [-0.2, 0) is 0 Å². The highest BCUT2D eigenvalue weighted by molar-refractivity contribution is 6.33. The maximum Gasteiger partial charge on any atom is 0.161 e. The Morgan fingerprint density at radius 3 is 2.45 bits per heavy atom. The number of aromatic nitrogens is 1. The zero-order chi connectivity index (χ0) is 14.3. The zero-order valence-electron chi connectivity index (χ0n) is 10.6. The summed E-state index contributed by atoms with van der Waals surface area (Å²) in [5, 5.41) is 1.14. The Bertz CT molecular complexity index is 815. The molecule has 1 nitrogen and oxygen atoms in total. The highest BCUT2D eigenvalue weighted by Gasteiger charge is 2.11. The molecule has 1 heterocycles. The minimum atomic E-state index is -0.904. The number of fused-ring (bicyclic) bond motifs is 1. The molecular formula is C16H10ClF2N. The standard InChI is InChI=1S/C16H10ClF2N/c1-9-6-10-7-13(18)14(19)8-15(10)20-16(9)11-4-2-3-5-12(11)17/h2-8H,1H3. The summed E-state index contributed by atoms with van der Waals surface area (Å²) in [4.78, 5) is 4.42. The molecular weight excluding hydrogens is 280 g/mol. The summed E-state index contributed by atoms with van der Waals surface area (Å²) in [6.07, 6.45) is 0. The highest BCUT2D eigenvalue weighted by Crippen LogP contribution is 2.31. The van der Waals surface area contributed by atoms with Gasteiger partial charge in [-0.1, -0.05) is 29.8 Å². The number of halogens is 3. The first-order chi connectivity index (χ1) is 9.56. The lowest BCUT2D eigenvalue weighted by atomic mass is 10.0. The van der Waals surface area contributed by atoms with E-state index in [0.717, 1.165) is 23.3 Å². The molecule has 4 heteroatoms. The van der Waals surface area contributed by atoms with Crippen LogP contribution in [0.25, 0.3) is 22.2 Å². The molecule has 0 saturated heterocycles. The molecule has 0 unspecified atom stereocenters. The first-order valence-electron chi connectivity index (χ1n) is 6.07. The van der Waals surface area contributed by atoms with Gasteiger partial charge in [-0.25, -0.2) is 13.8 Å². The van der Waals surface area contributed by atoms with Gasteiger partial charge >= 0.3 is 0 Å². The van der Waals surface area contributed by atoms with Crippen LogP contribution in [0.2, 0.25) is 5.02 Å². The third kappa shape index (κ3) is 2.14. The van der Waals surface area contributed by atoms with Gasteiger partial charge in [-0.3, -0.25) is 0 Å². The summed E-state index contributed by atoms with van der Waals surface area (Å²) < 4.78 is 26.6. The van der Waals surface area contributed by atoms with E-state index >= 15 is 0 Å². The van der Waals surface area contributed by atoms with Crippen molar-refractivity contribution in [2.45, 2.75) is 6.92 Å². The first kappa shape index (κ1) is 13.0. The molecule has 0 aliphatic carbocycles. The predicted octanol–water partition coefficient (Wildman–Crippen LogP) is 5.14. The normalized spacial score (nSPS) is 11.0. The fourth-order valence-electron chi connectivity index (χ4n) is 2.20. The Labute approximate surface area is 119 Å². The molecule has 20 heavy (non-hydrogen) atoms. The van der Waals surface area contributed by atoms with Crippen molar-refractivity contribution in [1.29, 1.82) is 0 Å². The molecule has 0 aliphatic heterocycles. The Balaban J connectivity index is 2.30. The van der Waals surface area contributed by atoms with E-state index in [2.05, 4.69) is 4.98 Å². The molecule has 2 aromatic carbocycles. The van der Waals surface area contributed by atoms with E-state index < -0.39 is 11.6 Å². The van der Waals surface area contributed by atoms with E-state index in [4.69, 9.17) is 11.6 Å². The van der Waals surface area contributed by atoms with E-state index in [1.165, 1.54) is 0 Å². The molecule has 0 saturated carbocycles. The maximum absolute atomic E-state index is 13.3. The Kier molecular flexibility index (Phi) is 3.14. The van der Waals surface area contributed by atoms with E-state index in [1.54, 1.807) is 12.1 Å². The molecule has 0 atom stereocenters. The average Bonchev–Trinajstić information content (AvgIpc) is 2.41. The molecule has 3 rings (SSSR count). The second kappa shape index (κ2) is 4.84. The lowest BCUT2D eigenvalue weighted by Crippen LogP contribution is -1.93. The molecule has 0 amide bonds. The number of hydrogen-bond donors (Lipinski definition) is 0. The van der Waals surface area contributed by atoms with Crippen molar-refractivity contribution < 1.29 is 8.78 Å². The number of pyridine rings is 1. The van der Waals surface area contributed by atoms with Crippen molar-refractivity contribution >= 4 is 22.5 Å². The van der Waals surface area contributed by atoms with Crippen LogP contribution in [0.1, 0.15) is 5.56 Å². The van der Waals surface area contributed by atoms with Gasteiger partial charge < -0.3 is 0 Å². The van der Waals surface area contributed by atoms with Gasteiger partial charge in [-0.2, -0.15) is 0 Å². The van der Waals surface area contributed by atoms with E-state index in [0.29, 0.717) is 21.6 Å². The third-order valence-electron chi connectivity index (χ3n) is 3.18. The number of aryl methyl sites for hydroxylation is 1. The molecule has 100 valence electrons. The molecule has 0 fully saturated rings. The van der Waals surface area contributed by atoms with Crippen molar-refractivity contribution in [1.82, 2.24) is 4.98 Å². The molecule has 3 aromatic rings.